The Bertz CT molecular complexity index is 768. The Kier molecular flexibility index (Phi) is 4.79. The van der Waals surface area contributed by atoms with Crippen molar-refractivity contribution in [2.45, 2.75) is 42.4 Å². The molecule has 0 spiro atoms. The molecule has 0 aliphatic carbocycles. The van der Waals surface area contributed by atoms with Gasteiger partial charge in [0.05, 0.1) is 0 Å². The summed E-state index contributed by atoms with van der Waals surface area (Å²) in [4.78, 5) is 17.1. The number of rotatable bonds is 3. The van der Waals surface area contributed by atoms with E-state index in [4.69, 9.17) is 9.47 Å². The molecule has 24 heavy (non-hydrogen) atoms. The molecule has 2 aliphatic heterocycles. The van der Waals surface area contributed by atoms with Crippen LogP contribution in [0, 0.1) is 0 Å². The fourth-order valence-corrected chi connectivity index (χ4v) is 5.20. The summed E-state index contributed by atoms with van der Waals surface area (Å²) < 4.78 is 15.5. The zero-order chi connectivity index (χ0) is 16.4. The van der Waals surface area contributed by atoms with E-state index in [1.165, 1.54) is 0 Å². The van der Waals surface area contributed by atoms with Crippen LogP contribution in [0.15, 0.2) is 28.5 Å². The number of hydrogen-bond acceptors (Lipinski definition) is 5. The van der Waals surface area contributed by atoms with E-state index in [1.54, 1.807) is 10.9 Å². The average molecular weight is 440 g/mol. The van der Waals surface area contributed by atoms with Crippen molar-refractivity contribution in [3.05, 3.63) is 34.2 Å². The van der Waals surface area contributed by atoms with E-state index in [2.05, 4.69) is 20.2 Å². The van der Waals surface area contributed by atoms with Crippen molar-refractivity contribution in [2.75, 3.05) is 6.61 Å². The van der Waals surface area contributed by atoms with Crippen molar-refractivity contribution in [3.8, 4) is 0 Å². The summed E-state index contributed by atoms with van der Waals surface area (Å²) in [6.07, 6.45) is 8.68. The summed E-state index contributed by atoms with van der Waals surface area (Å²) in [6.45, 7) is 0.720. The fourth-order valence-electron chi connectivity index (χ4n) is 2.98. The van der Waals surface area contributed by atoms with Crippen molar-refractivity contribution in [1.82, 2.24) is 14.8 Å². The fraction of sp³-hybridized carbons (Fsp3) is 0.471. The summed E-state index contributed by atoms with van der Waals surface area (Å²) in [5, 5.41) is 5.26. The molecule has 6 nitrogen and oxygen atoms in total. The van der Waals surface area contributed by atoms with Gasteiger partial charge in [-0.15, -0.1) is 0 Å². The molecule has 2 unspecified atom stereocenters. The molecule has 1 fully saturated rings. The van der Waals surface area contributed by atoms with Gasteiger partial charge in [0.2, 0.25) is 0 Å². The Morgan fingerprint density at radius 1 is 1.38 bits per heavy atom. The number of esters is 1. The predicted octanol–water partition coefficient (Wildman–Crippen LogP) is 0.00980. The summed E-state index contributed by atoms with van der Waals surface area (Å²) in [7, 11) is 0. The van der Waals surface area contributed by atoms with Gasteiger partial charge in [-0.25, -0.2) is 0 Å². The van der Waals surface area contributed by atoms with Crippen LogP contribution in [-0.4, -0.2) is 31.5 Å². The first-order valence-electron chi connectivity index (χ1n) is 8.26. The second kappa shape index (κ2) is 7.18. The molecule has 7 heteroatoms. The third kappa shape index (κ3) is 3.19. The van der Waals surface area contributed by atoms with Gasteiger partial charge in [-0.2, -0.15) is 0 Å². The van der Waals surface area contributed by atoms with E-state index in [1.807, 2.05) is 12.1 Å². The van der Waals surface area contributed by atoms with E-state index < -0.39 is 0 Å². The molecular weight excluding hydrogens is 421 g/mol. The number of pyridine rings is 1. The van der Waals surface area contributed by atoms with E-state index >= 15 is 0 Å². The average Bonchev–Trinajstić information content (AvgIpc) is 3.03. The third-order valence-electron chi connectivity index (χ3n) is 4.19. The van der Waals surface area contributed by atoms with Crippen LogP contribution in [0.2, 0.25) is 0 Å². The molecule has 4 heterocycles. The molecule has 0 bridgehead atoms. The number of halogens is 1. The molecule has 0 radical (unpaired) electrons. The van der Waals surface area contributed by atoms with Crippen molar-refractivity contribution in [3.63, 3.8) is 0 Å². The molecule has 2 aliphatic rings. The number of carbonyl (C=O) groups excluding carboxylic acids is 1. The molecular formula is C17H19IN3O3-. The van der Waals surface area contributed by atoms with Crippen LogP contribution in [0.1, 0.15) is 48.8 Å². The quantitative estimate of drug-likeness (QED) is 0.383. The molecule has 1 saturated heterocycles. The summed E-state index contributed by atoms with van der Waals surface area (Å²) in [6, 6.07) is 3.70. The Balaban J connectivity index is 1.64. The van der Waals surface area contributed by atoms with Gasteiger partial charge in [-0.05, 0) is 0 Å². The maximum absolute atomic E-state index is 12.6. The Morgan fingerprint density at radius 2 is 2.33 bits per heavy atom. The van der Waals surface area contributed by atoms with Gasteiger partial charge in [0.25, 0.3) is 0 Å². The van der Waals surface area contributed by atoms with Crippen LogP contribution in [0.4, 0.5) is 0 Å². The Labute approximate surface area is 150 Å². The van der Waals surface area contributed by atoms with Crippen molar-refractivity contribution < 1.29 is 35.5 Å². The Hall–Kier alpha value is -1.48. The van der Waals surface area contributed by atoms with Gasteiger partial charge in [0, 0.05) is 0 Å². The van der Waals surface area contributed by atoms with Crippen molar-refractivity contribution in [1.29, 1.82) is 0 Å². The van der Waals surface area contributed by atoms with Crippen molar-refractivity contribution >= 4 is 17.0 Å². The first-order chi connectivity index (χ1) is 11.8. The number of carbonyl (C=O) groups is 1. The van der Waals surface area contributed by atoms with Gasteiger partial charge in [-0.1, -0.05) is 0 Å². The normalized spacial score (nSPS) is 24.5. The number of aromatic nitrogens is 3. The number of ether oxygens (including phenoxy) is 2. The van der Waals surface area contributed by atoms with Gasteiger partial charge in [0.15, 0.2) is 0 Å². The first kappa shape index (κ1) is 16.0. The molecule has 2 aromatic heterocycles. The van der Waals surface area contributed by atoms with E-state index in [9.17, 15) is 4.79 Å². The zero-order valence-corrected chi connectivity index (χ0v) is 15.4. The number of hydrogen-bond donors (Lipinski definition) is 0. The topological polar surface area (TPSA) is 66.2 Å². The number of nitrogens with zero attached hydrogens (tertiary/aromatic N) is 3. The molecule has 0 saturated carbocycles. The van der Waals surface area contributed by atoms with Crippen LogP contribution in [0.5, 0.6) is 0 Å². The SMILES string of the molecule is O=C(OC1CCC=C[I-]1)c1nn(C2CCCCO2)c2ncccc12. The predicted molar refractivity (Wildman–Crippen MR) is 83.9 cm³/mol. The molecule has 2 aromatic rings. The van der Waals surface area contributed by atoms with Gasteiger partial charge >= 0.3 is 150 Å². The van der Waals surface area contributed by atoms with Crippen molar-refractivity contribution in [2.24, 2.45) is 0 Å². The molecule has 4 rings (SSSR count). The minimum atomic E-state index is -0.345. The van der Waals surface area contributed by atoms with Gasteiger partial charge in [-0.3, -0.25) is 0 Å². The summed E-state index contributed by atoms with van der Waals surface area (Å²) in [5.74, 6) is -0.345. The first-order valence-corrected chi connectivity index (χ1v) is 10.7. The van der Waals surface area contributed by atoms with E-state index in [0.29, 0.717) is 11.3 Å². The van der Waals surface area contributed by atoms with E-state index in [-0.39, 0.29) is 37.5 Å². The van der Waals surface area contributed by atoms with Crippen LogP contribution in [0.25, 0.3) is 11.0 Å². The minimum absolute atomic E-state index is 0.0455. The third-order valence-corrected chi connectivity index (χ3v) is 6.79. The van der Waals surface area contributed by atoms with Crippen LogP contribution < -0.4 is 21.2 Å². The number of allylic oxidation sites excluding steroid dienone is 1. The molecule has 128 valence electrons. The molecule has 0 N–H and O–H groups in total. The summed E-state index contributed by atoms with van der Waals surface area (Å²) in [5.41, 5.74) is 1.04. The van der Waals surface area contributed by atoms with Crippen LogP contribution in [-0.2, 0) is 9.47 Å². The standard InChI is InChI=1S/C17H19IN3O3/c22-17(24-13-7-1-3-9-18-13)15-12-6-5-10-19-16(12)21(20-15)14-8-2-4-11-23-14/h3,5-6,9-10,13-14H,1-2,4,7-8,11H2/q-1. The maximum atomic E-state index is 12.6. The number of fused-ring (bicyclic) bond motifs is 1. The second-order valence-corrected chi connectivity index (χ2v) is 8.70. The molecule has 2 atom stereocenters. The molecule has 0 amide bonds. The zero-order valence-electron chi connectivity index (χ0n) is 13.2. The number of alkyl halides is 1. The van der Waals surface area contributed by atoms with Crippen LogP contribution in [0.3, 0.4) is 0 Å². The summed E-state index contributed by atoms with van der Waals surface area (Å²) >= 11 is -0.225. The Morgan fingerprint density at radius 3 is 3.12 bits per heavy atom. The monoisotopic (exact) mass is 440 g/mol. The van der Waals surface area contributed by atoms with E-state index in [0.717, 1.165) is 44.1 Å². The van der Waals surface area contributed by atoms with Crippen LogP contribution >= 0.6 is 0 Å². The second-order valence-electron chi connectivity index (χ2n) is 5.87. The van der Waals surface area contributed by atoms with Gasteiger partial charge in [0.1, 0.15) is 0 Å². The molecule has 0 aromatic carbocycles. The van der Waals surface area contributed by atoms with Gasteiger partial charge < -0.3 is 0 Å².